The first-order chi connectivity index (χ1) is 10.5. The lowest BCUT2D eigenvalue weighted by Crippen LogP contribution is -2.38. The van der Waals surface area contributed by atoms with Gasteiger partial charge < -0.3 is 10.6 Å². The number of hydrogen-bond acceptors (Lipinski definition) is 5. The zero-order chi connectivity index (χ0) is 16.0. The number of guanidine groups is 1. The number of sulfone groups is 1. The number of nitrogens with one attached hydrogen (secondary N) is 2. The van der Waals surface area contributed by atoms with Crippen molar-refractivity contribution in [2.45, 2.75) is 26.7 Å². The average Bonchev–Trinajstić information content (AvgIpc) is 3.02. The van der Waals surface area contributed by atoms with Crippen LogP contribution >= 0.6 is 35.3 Å². The maximum absolute atomic E-state index is 11.5. The molecule has 2 rings (SSSR count). The molecule has 0 spiro atoms. The Bertz CT molecular complexity index is 616. The molecule has 23 heavy (non-hydrogen) atoms. The van der Waals surface area contributed by atoms with Crippen molar-refractivity contribution in [2.24, 2.45) is 10.9 Å². The van der Waals surface area contributed by atoms with E-state index in [1.54, 1.807) is 11.3 Å². The van der Waals surface area contributed by atoms with Gasteiger partial charge in [0.25, 0.3) is 0 Å². The van der Waals surface area contributed by atoms with E-state index < -0.39 is 9.84 Å². The molecule has 0 saturated carbocycles. The number of nitrogens with zero attached hydrogens (tertiary/aromatic N) is 2. The third-order valence-corrected chi connectivity index (χ3v) is 6.18. The molecule has 1 aliphatic rings. The molecule has 1 atom stereocenters. The summed E-state index contributed by atoms with van der Waals surface area (Å²) < 4.78 is 22.9. The van der Waals surface area contributed by atoms with Crippen LogP contribution in [0.15, 0.2) is 10.4 Å². The van der Waals surface area contributed by atoms with Crippen LogP contribution in [0, 0.1) is 12.8 Å². The van der Waals surface area contributed by atoms with E-state index in [0.717, 1.165) is 42.6 Å². The second-order valence-corrected chi connectivity index (χ2v) is 8.81. The van der Waals surface area contributed by atoms with Gasteiger partial charge in [-0.25, -0.2) is 13.4 Å². The molecular weight excluding hydrogens is 447 g/mol. The monoisotopic (exact) mass is 472 g/mol. The van der Waals surface area contributed by atoms with Gasteiger partial charge in [-0.15, -0.1) is 35.3 Å². The van der Waals surface area contributed by atoms with Crippen LogP contribution in [0.25, 0.3) is 0 Å². The minimum absolute atomic E-state index is 0. The van der Waals surface area contributed by atoms with E-state index in [1.807, 2.05) is 13.8 Å². The van der Waals surface area contributed by atoms with Gasteiger partial charge in [0.1, 0.15) is 0 Å². The molecule has 132 valence electrons. The molecule has 1 aromatic rings. The van der Waals surface area contributed by atoms with Gasteiger partial charge in [-0.3, -0.25) is 4.99 Å². The summed E-state index contributed by atoms with van der Waals surface area (Å²) in [6, 6.07) is 0. The van der Waals surface area contributed by atoms with Crippen LogP contribution in [0.3, 0.4) is 0 Å². The molecule has 6 nitrogen and oxygen atoms in total. The SMILES string of the molecule is CCNC(=NCC1CCS(=O)(=O)C1)NCCc1csc(C)n1.I. The molecule has 0 bridgehead atoms. The highest BCUT2D eigenvalue weighted by molar-refractivity contribution is 14.0. The lowest BCUT2D eigenvalue weighted by molar-refractivity contribution is 0.589. The van der Waals surface area contributed by atoms with Crippen molar-refractivity contribution < 1.29 is 8.42 Å². The number of rotatable bonds is 6. The summed E-state index contributed by atoms with van der Waals surface area (Å²) in [5.74, 6) is 1.48. The molecule has 1 fully saturated rings. The normalized spacial score (nSPS) is 20.1. The number of halogens is 1. The Hall–Kier alpha value is -0.420. The molecule has 1 aliphatic heterocycles. The summed E-state index contributed by atoms with van der Waals surface area (Å²) in [6.45, 7) is 6.12. The average molecular weight is 472 g/mol. The lowest BCUT2D eigenvalue weighted by atomic mass is 10.1. The Kier molecular flexibility index (Phi) is 8.76. The molecule has 0 amide bonds. The summed E-state index contributed by atoms with van der Waals surface area (Å²) in [6.07, 6.45) is 1.58. The standard InChI is InChI=1S/C14H24N4O2S2.HI/c1-3-15-14(16-6-4-13-9-21-11(2)18-13)17-8-12-5-7-22(19,20)10-12;/h9,12H,3-8,10H2,1-2H3,(H2,15,16,17);1H. The quantitative estimate of drug-likeness (QED) is 0.374. The predicted molar refractivity (Wildman–Crippen MR) is 107 cm³/mol. The van der Waals surface area contributed by atoms with Crippen LogP contribution in [0.2, 0.25) is 0 Å². The van der Waals surface area contributed by atoms with Crippen molar-refractivity contribution in [3.05, 3.63) is 16.1 Å². The maximum Gasteiger partial charge on any atom is 0.191 e. The van der Waals surface area contributed by atoms with Crippen LogP contribution in [0.5, 0.6) is 0 Å². The Morgan fingerprint density at radius 3 is 2.83 bits per heavy atom. The number of aromatic nitrogens is 1. The molecule has 2 N–H and O–H groups in total. The molecular formula is C14H25IN4O2S2. The lowest BCUT2D eigenvalue weighted by Gasteiger charge is -2.12. The minimum atomic E-state index is -2.82. The van der Waals surface area contributed by atoms with Gasteiger partial charge in [-0.05, 0) is 26.2 Å². The second-order valence-electron chi connectivity index (χ2n) is 5.52. The number of aryl methyl sites for hydroxylation is 1. The highest BCUT2D eigenvalue weighted by Gasteiger charge is 2.27. The van der Waals surface area contributed by atoms with Gasteiger partial charge in [0.05, 0.1) is 22.2 Å². The second kappa shape index (κ2) is 9.77. The number of hydrogen-bond donors (Lipinski definition) is 2. The number of aliphatic imine (C=N–C) groups is 1. The van der Waals surface area contributed by atoms with E-state index >= 15 is 0 Å². The van der Waals surface area contributed by atoms with Crippen molar-refractivity contribution in [3.8, 4) is 0 Å². The van der Waals surface area contributed by atoms with Gasteiger partial charge in [0.15, 0.2) is 15.8 Å². The molecule has 0 aliphatic carbocycles. The van der Waals surface area contributed by atoms with Crippen molar-refractivity contribution in [1.82, 2.24) is 15.6 Å². The zero-order valence-corrected chi connectivity index (χ0v) is 17.5. The Morgan fingerprint density at radius 1 is 1.48 bits per heavy atom. The zero-order valence-electron chi connectivity index (χ0n) is 13.5. The van der Waals surface area contributed by atoms with Crippen molar-refractivity contribution in [3.63, 3.8) is 0 Å². The van der Waals surface area contributed by atoms with Crippen molar-refractivity contribution in [2.75, 3.05) is 31.1 Å². The van der Waals surface area contributed by atoms with E-state index in [4.69, 9.17) is 0 Å². The van der Waals surface area contributed by atoms with Crippen LogP contribution < -0.4 is 10.6 Å². The Labute approximate surface area is 159 Å². The van der Waals surface area contributed by atoms with Gasteiger partial charge >= 0.3 is 0 Å². The summed E-state index contributed by atoms with van der Waals surface area (Å²) in [7, 11) is -2.82. The predicted octanol–water partition coefficient (Wildman–Crippen LogP) is 1.60. The highest BCUT2D eigenvalue weighted by atomic mass is 127. The Morgan fingerprint density at radius 2 is 2.26 bits per heavy atom. The fraction of sp³-hybridized carbons (Fsp3) is 0.714. The first kappa shape index (κ1) is 20.6. The van der Waals surface area contributed by atoms with E-state index in [1.165, 1.54) is 0 Å². The minimum Gasteiger partial charge on any atom is -0.357 e. The third kappa shape index (κ3) is 7.34. The summed E-state index contributed by atoms with van der Waals surface area (Å²) in [5.41, 5.74) is 1.09. The summed E-state index contributed by atoms with van der Waals surface area (Å²) in [4.78, 5) is 8.94. The van der Waals surface area contributed by atoms with Crippen LogP contribution in [-0.2, 0) is 16.3 Å². The molecule has 2 heterocycles. The smallest absolute Gasteiger partial charge is 0.191 e. The molecule has 0 radical (unpaired) electrons. The van der Waals surface area contributed by atoms with E-state index in [9.17, 15) is 8.42 Å². The topological polar surface area (TPSA) is 83.5 Å². The fourth-order valence-electron chi connectivity index (χ4n) is 2.41. The van der Waals surface area contributed by atoms with Crippen LogP contribution in [0.1, 0.15) is 24.0 Å². The van der Waals surface area contributed by atoms with E-state index in [0.29, 0.717) is 12.3 Å². The molecule has 9 heteroatoms. The fourth-order valence-corrected chi connectivity index (χ4v) is 4.91. The first-order valence-electron chi connectivity index (χ1n) is 7.62. The number of thiazole rings is 1. The van der Waals surface area contributed by atoms with Gasteiger partial charge in [-0.1, -0.05) is 0 Å². The highest BCUT2D eigenvalue weighted by Crippen LogP contribution is 2.18. The molecule has 1 aromatic heterocycles. The van der Waals surface area contributed by atoms with Crippen LogP contribution in [0.4, 0.5) is 0 Å². The van der Waals surface area contributed by atoms with E-state index in [-0.39, 0.29) is 35.6 Å². The third-order valence-electron chi connectivity index (χ3n) is 3.52. The summed E-state index contributed by atoms with van der Waals surface area (Å²) in [5, 5.41) is 9.62. The Balaban J connectivity index is 0.00000264. The van der Waals surface area contributed by atoms with Crippen molar-refractivity contribution in [1.29, 1.82) is 0 Å². The van der Waals surface area contributed by atoms with Gasteiger partial charge in [0.2, 0.25) is 0 Å². The molecule has 1 unspecified atom stereocenters. The summed E-state index contributed by atoms with van der Waals surface area (Å²) >= 11 is 1.66. The van der Waals surface area contributed by atoms with Crippen LogP contribution in [-0.4, -0.2) is 50.5 Å². The van der Waals surface area contributed by atoms with Gasteiger partial charge in [0, 0.05) is 31.4 Å². The van der Waals surface area contributed by atoms with E-state index in [2.05, 4.69) is 26.0 Å². The van der Waals surface area contributed by atoms with Gasteiger partial charge in [-0.2, -0.15) is 0 Å². The largest absolute Gasteiger partial charge is 0.357 e. The first-order valence-corrected chi connectivity index (χ1v) is 10.3. The van der Waals surface area contributed by atoms with Crippen molar-refractivity contribution >= 4 is 51.1 Å². The maximum atomic E-state index is 11.5. The molecule has 0 aromatic carbocycles. The molecule has 1 saturated heterocycles.